The number of nitrogens with zero attached hydrogens (tertiary/aromatic N) is 4. The quantitative estimate of drug-likeness (QED) is 0.728. The Hall–Kier alpha value is -2.77. The van der Waals surface area contributed by atoms with E-state index in [9.17, 15) is 14.0 Å². The van der Waals surface area contributed by atoms with E-state index >= 15 is 0 Å². The van der Waals surface area contributed by atoms with E-state index < -0.39 is 0 Å². The van der Waals surface area contributed by atoms with Crippen molar-refractivity contribution in [2.24, 2.45) is 5.92 Å². The van der Waals surface area contributed by atoms with Crippen LogP contribution in [0.1, 0.15) is 44.0 Å². The molecule has 0 saturated carbocycles. The number of benzene rings is 1. The van der Waals surface area contributed by atoms with E-state index in [-0.39, 0.29) is 49.6 Å². The Balaban J connectivity index is 1.66. The zero-order valence-corrected chi connectivity index (χ0v) is 16.2. The Morgan fingerprint density at radius 1 is 1.36 bits per heavy atom. The summed E-state index contributed by atoms with van der Waals surface area (Å²) in [5.74, 6) is 0.240. The largest absolute Gasteiger partial charge is 0.337 e. The highest BCUT2D eigenvalue weighted by atomic mass is 19.1. The van der Waals surface area contributed by atoms with Gasteiger partial charge in [-0.15, -0.1) is 0 Å². The van der Waals surface area contributed by atoms with Gasteiger partial charge in [0.25, 0.3) is 0 Å². The average molecular weight is 388 g/mol. The topological polar surface area (TPSA) is 79.5 Å². The predicted octanol–water partition coefficient (Wildman–Crippen LogP) is 2.56. The minimum atomic E-state index is -0.345. The van der Waals surface area contributed by atoms with Gasteiger partial charge in [-0.2, -0.15) is 4.98 Å². The van der Waals surface area contributed by atoms with Crippen LogP contribution in [0.3, 0.4) is 0 Å². The normalized spacial score (nSPS) is 17.0. The summed E-state index contributed by atoms with van der Waals surface area (Å²) in [7, 11) is 0. The summed E-state index contributed by atoms with van der Waals surface area (Å²) in [6.07, 6.45) is 1.44. The minimum Gasteiger partial charge on any atom is -0.337 e. The number of aromatic nitrogens is 2. The van der Waals surface area contributed by atoms with E-state index in [1.807, 2.05) is 13.8 Å². The molecule has 0 aliphatic carbocycles. The molecule has 0 N–H and O–H groups in total. The van der Waals surface area contributed by atoms with Crippen molar-refractivity contribution < 1.29 is 18.5 Å². The molecule has 3 rings (SSSR count). The maximum atomic E-state index is 13.9. The molecule has 1 aliphatic rings. The van der Waals surface area contributed by atoms with E-state index in [1.54, 1.807) is 28.0 Å². The summed E-state index contributed by atoms with van der Waals surface area (Å²) in [6.45, 7) is 5.03. The molecule has 1 aromatic carbocycles. The Kier molecular flexibility index (Phi) is 6.38. The van der Waals surface area contributed by atoms with Gasteiger partial charge in [0.1, 0.15) is 5.82 Å². The van der Waals surface area contributed by atoms with Crippen molar-refractivity contribution in [1.29, 1.82) is 0 Å². The van der Waals surface area contributed by atoms with Gasteiger partial charge in [0.05, 0.1) is 12.5 Å². The van der Waals surface area contributed by atoms with Gasteiger partial charge in [-0.3, -0.25) is 9.59 Å². The molecule has 1 fully saturated rings. The smallest absolute Gasteiger partial charge is 0.246 e. The number of carbonyl (C=O) groups is 2. The van der Waals surface area contributed by atoms with Crippen LogP contribution in [0, 0.1) is 11.7 Å². The molecule has 1 aromatic heterocycles. The number of carbonyl (C=O) groups excluding carboxylic acids is 2. The number of halogens is 1. The van der Waals surface area contributed by atoms with Crippen LogP contribution < -0.4 is 0 Å². The standard InChI is InChI=1S/C20H25FN4O3/c1-3-17-22-18(28-23-17)13-24(4-2)20(27)15-9-10-19(26)25(12-15)11-14-7-5-6-8-16(14)21/h5-8,15H,3-4,9-13H2,1-2H3/t15-/m0/s1. The van der Waals surface area contributed by atoms with Gasteiger partial charge in [0, 0.05) is 38.0 Å². The first-order chi connectivity index (χ1) is 13.5. The zero-order chi connectivity index (χ0) is 20.1. The second-order valence-electron chi connectivity index (χ2n) is 6.91. The van der Waals surface area contributed by atoms with Gasteiger partial charge in [-0.1, -0.05) is 30.3 Å². The molecule has 2 aromatic rings. The number of hydrogen-bond donors (Lipinski definition) is 0. The predicted molar refractivity (Wildman–Crippen MR) is 99.3 cm³/mol. The molecule has 1 atom stereocenters. The monoisotopic (exact) mass is 388 g/mol. The van der Waals surface area contributed by atoms with Gasteiger partial charge in [0.2, 0.25) is 17.7 Å². The molecule has 0 bridgehead atoms. The van der Waals surface area contributed by atoms with Crippen LogP contribution in [-0.4, -0.2) is 44.8 Å². The van der Waals surface area contributed by atoms with E-state index in [4.69, 9.17) is 4.52 Å². The van der Waals surface area contributed by atoms with Crippen molar-refractivity contribution in [2.45, 2.75) is 46.2 Å². The first-order valence-corrected chi connectivity index (χ1v) is 9.63. The van der Waals surface area contributed by atoms with Gasteiger partial charge in [-0.05, 0) is 19.4 Å². The van der Waals surface area contributed by atoms with Crippen molar-refractivity contribution in [1.82, 2.24) is 19.9 Å². The maximum Gasteiger partial charge on any atom is 0.246 e. The fourth-order valence-electron chi connectivity index (χ4n) is 3.37. The summed E-state index contributed by atoms with van der Waals surface area (Å²) in [5.41, 5.74) is 0.453. The van der Waals surface area contributed by atoms with Crippen molar-refractivity contribution in [3.05, 3.63) is 47.4 Å². The van der Waals surface area contributed by atoms with Crippen LogP contribution >= 0.6 is 0 Å². The highest BCUT2D eigenvalue weighted by molar-refractivity contribution is 5.83. The molecule has 2 amide bonds. The maximum absolute atomic E-state index is 13.9. The molecule has 0 unspecified atom stereocenters. The fourth-order valence-corrected chi connectivity index (χ4v) is 3.37. The van der Waals surface area contributed by atoms with Crippen LogP contribution in [0.25, 0.3) is 0 Å². The van der Waals surface area contributed by atoms with Crippen molar-refractivity contribution in [3.63, 3.8) is 0 Å². The van der Waals surface area contributed by atoms with E-state index in [1.165, 1.54) is 6.07 Å². The first-order valence-electron chi connectivity index (χ1n) is 9.63. The van der Waals surface area contributed by atoms with Crippen LogP contribution in [0.4, 0.5) is 4.39 Å². The number of likely N-dealkylation sites (tertiary alicyclic amines) is 1. The summed E-state index contributed by atoms with van der Waals surface area (Å²) in [4.78, 5) is 32.8. The third kappa shape index (κ3) is 4.55. The van der Waals surface area contributed by atoms with Gasteiger partial charge < -0.3 is 14.3 Å². The molecule has 0 spiro atoms. The van der Waals surface area contributed by atoms with E-state index in [0.717, 1.165) is 0 Å². The third-order valence-corrected chi connectivity index (χ3v) is 5.01. The third-order valence-electron chi connectivity index (χ3n) is 5.01. The molecule has 1 saturated heterocycles. The van der Waals surface area contributed by atoms with Crippen molar-refractivity contribution in [3.8, 4) is 0 Å². The number of piperidine rings is 1. The number of amides is 2. The lowest BCUT2D eigenvalue weighted by Crippen LogP contribution is -2.46. The van der Waals surface area contributed by atoms with Gasteiger partial charge >= 0.3 is 0 Å². The second kappa shape index (κ2) is 8.95. The Bertz CT molecular complexity index is 838. The van der Waals surface area contributed by atoms with Crippen LogP contribution in [0.15, 0.2) is 28.8 Å². The lowest BCUT2D eigenvalue weighted by Gasteiger charge is -2.34. The first kappa shape index (κ1) is 20.0. The molecule has 2 heterocycles. The molecule has 28 heavy (non-hydrogen) atoms. The SMILES string of the molecule is CCc1noc(CN(CC)C(=O)[C@H]2CCC(=O)N(Cc3ccccc3F)C2)n1. The molecule has 0 radical (unpaired) electrons. The summed E-state index contributed by atoms with van der Waals surface area (Å²) in [6, 6.07) is 6.39. The Morgan fingerprint density at radius 2 is 2.14 bits per heavy atom. The van der Waals surface area contributed by atoms with Crippen molar-refractivity contribution >= 4 is 11.8 Å². The summed E-state index contributed by atoms with van der Waals surface area (Å²) < 4.78 is 19.1. The van der Waals surface area contributed by atoms with Crippen LogP contribution in [0.5, 0.6) is 0 Å². The Labute approximate surface area is 163 Å². The number of rotatable bonds is 7. The van der Waals surface area contributed by atoms with Crippen molar-refractivity contribution in [2.75, 3.05) is 13.1 Å². The Morgan fingerprint density at radius 3 is 2.82 bits per heavy atom. The van der Waals surface area contributed by atoms with Gasteiger partial charge in [-0.25, -0.2) is 4.39 Å². The van der Waals surface area contributed by atoms with E-state index in [0.29, 0.717) is 36.7 Å². The number of aryl methyl sites for hydroxylation is 1. The van der Waals surface area contributed by atoms with Crippen LogP contribution in [0.2, 0.25) is 0 Å². The lowest BCUT2D eigenvalue weighted by atomic mass is 9.95. The summed E-state index contributed by atoms with van der Waals surface area (Å²) in [5, 5.41) is 3.86. The molecule has 8 heteroatoms. The highest BCUT2D eigenvalue weighted by Crippen LogP contribution is 2.23. The fraction of sp³-hybridized carbons (Fsp3) is 0.500. The molecule has 7 nitrogen and oxygen atoms in total. The number of hydrogen-bond acceptors (Lipinski definition) is 5. The second-order valence-corrected chi connectivity index (χ2v) is 6.91. The molecular formula is C20H25FN4O3. The molecular weight excluding hydrogens is 363 g/mol. The van der Waals surface area contributed by atoms with Gasteiger partial charge in [0.15, 0.2) is 5.82 Å². The molecule has 150 valence electrons. The summed E-state index contributed by atoms with van der Waals surface area (Å²) >= 11 is 0. The highest BCUT2D eigenvalue weighted by Gasteiger charge is 2.33. The lowest BCUT2D eigenvalue weighted by molar-refractivity contribution is -0.144. The average Bonchev–Trinajstić information content (AvgIpc) is 3.16. The molecule has 1 aliphatic heterocycles. The van der Waals surface area contributed by atoms with E-state index in [2.05, 4.69) is 10.1 Å². The van der Waals surface area contributed by atoms with Crippen LogP contribution in [-0.2, 0) is 29.1 Å². The zero-order valence-electron chi connectivity index (χ0n) is 16.2. The minimum absolute atomic E-state index is 0.0511.